The molecule has 6 nitrogen and oxygen atoms in total. The van der Waals surface area contributed by atoms with Crippen molar-refractivity contribution in [2.24, 2.45) is 0 Å². The van der Waals surface area contributed by atoms with Gasteiger partial charge in [0.05, 0.1) is 13.1 Å². The Kier molecular flexibility index (Phi) is 4.17. The minimum Gasteiger partial charge on any atom is -0.486 e. The maximum Gasteiger partial charge on any atom is 0.276 e. The maximum absolute atomic E-state index is 13.3. The van der Waals surface area contributed by atoms with Crippen molar-refractivity contribution in [3.05, 3.63) is 47.1 Å². The SMILES string of the molecule is O=C(c1noc2c1CCCC2)N1C[C@@H](O)[C@H](Oc2cccc(F)c2)C1. The highest BCUT2D eigenvalue weighted by Crippen LogP contribution is 2.27. The topological polar surface area (TPSA) is 75.8 Å². The second kappa shape index (κ2) is 6.48. The second-order valence-corrected chi connectivity index (χ2v) is 6.53. The van der Waals surface area contributed by atoms with Gasteiger partial charge >= 0.3 is 0 Å². The fourth-order valence-electron chi connectivity index (χ4n) is 3.46. The van der Waals surface area contributed by atoms with E-state index in [4.69, 9.17) is 9.26 Å². The zero-order chi connectivity index (χ0) is 17.4. The summed E-state index contributed by atoms with van der Waals surface area (Å²) < 4.78 is 24.2. The van der Waals surface area contributed by atoms with Gasteiger partial charge in [0.2, 0.25) is 0 Å². The molecule has 1 N–H and O–H groups in total. The van der Waals surface area contributed by atoms with Crippen LogP contribution in [-0.4, -0.2) is 46.4 Å². The standard InChI is InChI=1S/C18H19FN2O4/c19-11-4-3-5-12(8-11)24-16-10-21(9-14(16)22)18(23)17-13-6-1-2-7-15(13)25-20-17/h3-5,8,14,16,22H,1-2,6-7,9-10H2/t14-,16-/m1/s1. The van der Waals surface area contributed by atoms with Crippen LogP contribution in [0.5, 0.6) is 5.75 Å². The third-order valence-corrected chi connectivity index (χ3v) is 4.76. The number of aliphatic hydroxyl groups excluding tert-OH is 1. The Morgan fingerprint density at radius 2 is 2.16 bits per heavy atom. The number of carbonyl (C=O) groups excluding carboxylic acids is 1. The molecule has 0 radical (unpaired) electrons. The minimum absolute atomic E-state index is 0.153. The number of hydrogen-bond acceptors (Lipinski definition) is 5. The molecule has 1 aliphatic heterocycles. The van der Waals surface area contributed by atoms with Gasteiger partial charge in [0.25, 0.3) is 5.91 Å². The quantitative estimate of drug-likeness (QED) is 0.919. The maximum atomic E-state index is 13.3. The number of fused-ring (bicyclic) bond motifs is 1. The van der Waals surface area contributed by atoms with E-state index >= 15 is 0 Å². The summed E-state index contributed by atoms with van der Waals surface area (Å²) in [5.74, 6) is 0.461. The number of nitrogens with zero attached hydrogens (tertiary/aromatic N) is 2. The van der Waals surface area contributed by atoms with E-state index in [1.54, 1.807) is 6.07 Å². The molecule has 1 aliphatic carbocycles. The van der Waals surface area contributed by atoms with Crippen LogP contribution in [0.1, 0.15) is 34.7 Å². The number of hydrogen-bond donors (Lipinski definition) is 1. The van der Waals surface area contributed by atoms with Gasteiger partial charge in [-0.1, -0.05) is 11.2 Å². The third-order valence-electron chi connectivity index (χ3n) is 4.76. The number of likely N-dealkylation sites (tertiary alicyclic amines) is 1. The van der Waals surface area contributed by atoms with Crippen LogP contribution in [0.3, 0.4) is 0 Å². The number of aliphatic hydroxyl groups is 1. The number of β-amino-alcohol motifs (C(OH)–C–C–N with tert-alkyl or cyclic N) is 1. The zero-order valence-electron chi connectivity index (χ0n) is 13.7. The predicted molar refractivity (Wildman–Crippen MR) is 85.9 cm³/mol. The molecule has 1 fully saturated rings. The first-order valence-corrected chi connectivity index (χ1v) is 8.49. The Morgan fingerprint density at radius 3 is 3.00 bits per heavy atom. The smallest absolute Gasteiger partial charge is 0.276 e. The highest BCUT2D eigenvalue weighted by Gasteiger charge is 2.38. The lowest BCUT2D eigenvalue weighted by Gasteiger charge is -2.17. The summed E-state index contributed by atoms with van der Waals surface area (Å²) in [5.41, 5.74) is 1.23. The van der Waals surface area contributed by atoms with Gasteiger partial charge in [-0.25, -0.2) is 4.39 Å². The van der Waals surface area contributed by atoms with E-state index in [9.17, 15) is 14.3 Å². The van der Waals surface area contributed by atoms with Crippen molar-refractivity contribution in [2.75, 3.05) is 13.1 Å². The van der Waals surface area contributed by atoms with Gasteiger partial charge in [-0.15, -0.1) is 0 Å². The first kappa shape index (κ1) is 16.1. The van der Waals surface area contributed by atoms with Crippen LogP contribution in [0.4, 0.5) is 4.39 Å². The van der Waals surface area contributed by atoms with Crippen molar-refractivity contribution in [2.45, 2.75) is 37.9 Å². The van der Waals surface area contributed by atoms with Crippen molar-refractivity contribution in [3.8, 4) is 5.75 Å². The summed E-state index contributed by atoms with van der Waals surface area (Å²) >= 11 is 0. The largest absolute Gasteiger partial charge is 0.486 e. The lowest BCUT2D eigenvalue weighted by atomic mass is 9.96. The number of aromatic nitrogens is 1. The van der Waals surface area contributed by atoms with Crippen molar-refractivity contribution in [1.29, 1.82) is 0 Å². The number of rotatable bonds is 3. The highest BCUT2D eigenvalue weighted by molar-refractivity contribution is 5.94. The minimum atomic E-state index is -0.838. The number of ether oxygens (including phenoxy) is 1. The van der Waals surface area contributed by atoms with Gasteiger partial charge in [-0.2, -0.15) is 0 Å². The first-order chi connectivity index (χ1) is 12.1. The van der Waals surface area contributed by atoms with Gasteiger partial charge < -0.3 is 19.3 Å². The van der Waals surface area contributed by atoms with Crippen LogP contribution in [0.2, 0.25) is 0 Å². The second-order valence-electron chi connectivity index (χ2n) is 6.53. The van der Waals surface area contributed by atoms with E-state index in [1.165, 1.54) is 23.1 Å². The first-order valence-electron chi connectivity index (χ1n) is 8.49. The van der Waals surface area contributed by atoms with E-state index in [-0.39, 0.29) is 19.0 Å². The molecule has 1 aromatic carbocycles. The normalized spacial score (nSPS) is 22.7. The van der Waals surface area contributed by atoms with Crippen LogP contribution in [-0.2, 0) is 12.8 Å². The summed E-state index contributed by atoms with van der Waals surface area (Å²) in [6.07, 6.45) is 2.22. The molecule has 0 saturated carbocycles. The van der Waals surface area contributed by atoms with E-state index in [0.29, 0.717) is 11.4 Å². The lowest BCUT2D eigenvalue weighted by Crippen LogP contribution is -2.32. The third kappa shape index (κ3) is 3.11. The van der Waals surface area contributed by atoms with Crippen molar-refractivity contribution in [3.63, 3.8) is 0 Å². The number of carbonyl (C=O) groups is 1. The van der Waals surface area contributed by atoms with E-state index in [0.717, 1.165) is 37.0 Å². The fourth-order valence-corrected chi connectivity index (χ4v) is 3.46. The average Bonchev–Trinajstić information content (AvgIpc) is 3.19. The Labute approximate surface area is 144 Å². The summed E-state index contributed by atoms with van der Waals surface area (Å²) in [5, 5.41) is 14.2. The van der Waals surface area contributed by atoms with Crippen molar-refractivity contribution < 1.29 is 23.6 Å². The van der Waals surface area contributed by atoms with Crippen molar-refractivity contribution in [1.82, 2.24) is 10.1 Å². The molecule has 0 unspecified atom stereocenters. The molecule has 2 heterocycles. The van der Waals surface area contributed by atoms with Crippen LogP contribution in [0, 0.1) is 5.82 Å². The highest BCUT2D eigenvalue weighted by atomic mass is 19.1. The van der Waals surface area contributed by atoms with Crippen molar-refractivity contribution >= 4 is 5.91 Å². The van der Waals surface area contributed by atoms with Gasteiger partial charge in [0.1, 0.15) is 29.5 Å². The molecular weight excluding hydrogens is 327 g/mol. The Balaban J connectivity index is 1.47. The fraction of sp³-hybridized carbons (Fsp3) is 0.444. The van der Waals surface area contributed by atoms with Crippen LogP contribution in [0.15, 0.2) is 28.8 Å². The number of amides is 1. The molecule has 2 aliphatic rings. The van der Waals surface area contributed by atoms with Gasteiger partial charge in [-0.05, 0) is 31.4 Å². The summed E-state index contributed by atoms with van der Waals surface area (Å²) in [6, 6.07) is 5.73. The average molecular weight is 346 g/mol. The molecule has 2 aromatic rings. The monoisotopic (exact) mass is 346 g/mol. The van der Waals surface area contributed by atoms with Crippen LogP contribution >= 0.6 is 0 Å². The summed E-state index contributed by atoms with van der Waals surface area (Å²) in [7, 11) is 0. The van der Waals surface area contributed by atoms with E-state index < -0.39 is 18.0 Å². The molecule has 4 rings (SSSR count). The Morgan fingerprint density at radius 1 is 1.32 bits per heavy atom. The van der Waals surface area contributed by atoms with Gasteiger partial charge in [0, 0.05) is 18.1 Å². The molecule has 1 saturated heterocycles. The molecule has 2 atom stereocenters. The molecule has 0 bridgehead atoms. The van der Waals surface area contributed by atoms with Gasteiger partial charge in [0.15, 0.2) is 5.69 Å². The summed E-state index contributed by atoms with van der Waals surface area (Å²) in [4.78, 5) is 14.3. The van der Waals surface area contributed by atoms with Crippen LogP contribution in [0.25, 0.3) is 0 Å². The van der Waals surface area contributed by atoms with Gasteiger partial charge in [-0.3, -0.25) is 4.79 Å². The molecule has 25 heavy (non-hydrogen) atoms. The molecule has 1 aromatic heterocycles. The predicted octanol–water partition coefficient (Wildman–Crippen LogP) is 1.96. The number of aryl methyl sites for hydroxylation is 1. The Hall–Kier alpha value is -2.41. The summed E-state index contributed by atoms with van der Waals surface area (Å²) in [6.45, 7) is 0.374. The zero-order valence-corrected chi connectivity index (χ0v) is 13.7. The molecular formula is C18H19FN2O4. The molecule has 7 heteroatoms. The van der Waals surface area contributed by atoms with E-state index in [2.05, 4.69) is 5.16 Å². The molecule has 1 amide bonds. The van der Waals surface area contributed by atoms with E-state index in [1.807, 2.05) is 0 Å². The number of benzene rings is 1. The Bertz CT molecular complexity index is 791. The lowest BCUT2D eigenvalue weighted by molar-refractivity contribution is 0.0726. The number of halogens is 1. The van der Waals surface area contributed by atoms with Crippen LogP contribution < -0.4 is 4.74 Å². The molecule has 132 valence electrons. The molecule has 0 spiro atoms.